The quantitative estimate of drug-likeness (QED) is 0.384. The Balaban J connectivity index is 1.69. The van der Waals surface area contributed by atoms with Crippen molar-refractivity contribution < 1.29 is 18.7 Å². The molecule has 1 atom stereocenters. The highest BCUT2D eigenvalue weighted by Crippen LogP contribution is 2.39. The summed E-state index contributed by atoms with van der Waals surface area (Å²) >= 11 is 6.28. The van der Waals surface area contributed by atoms with Crippen LogP contribution < -0.4 is 14.8 Å². The molecule has 36 heavy (non-hydrogen) atoms. The molecule has 0 bridgehead atoms. The first kappa shape index (κ1) is 24.1. The molecule has 3 heterocycles. The maximum atomic E-state index is 14.3. The number of aryl methyl sites for hydroxylation is 1. The molecule has 1 amide bonds. The molecule has 1 aliphatic rings. The Labute approximate surface area is 213 Å². The Morgan fingerprint density at radius 2 is 2.11 bits per heavy atom. The molecule has 0 saturated heterocycles. The number of pyridine rings is 1. The van der Waals surface area contributed by atoms with Gasteiger partial charge in [0.25, 0.3) is 5.91 Å². The van der Waals surface area contributed by atoms with E-state index in [-0.39, 0.29) is 23.5 Å². The second kappa shape index (κ2) is 9.79. The van der Waals surface area contributed by atoms with Gasteiger partial charge in [-0.3, -0.25) is 9.20 Å². The molecular weight excluding hydrogens is 483 g/mol. The predicted molar refractivity (Wildman–Crippen MR) is 137 cm³/mol. The van der Waals surface area contributed by atoms with Crippen LogP contribution in [0.25, 0.3) is 16.9 Å². The highest BCUT2D eigenvalue weighted by Gasteiger charge is 2.36. The SMILES string of the molecule is CNCCN(C(=O)c1nc2cccc(OC)n2c1-c1ccc(F)c(C)c1)C1COc2ccc(Cl)cc21. The number of hydrogen-bond acceptors (Lipinski definition) is 5. The molecule has 2 aromatic carbocycles. The molecule has 9 heteroatoms. The third-order valence-electron chi connectivity index (χ3n) is 6.42. The number of rotatable bonds is 7. The second-order valence-electron chi connectivity index (χ2n) is 8.65. The third kappa shape index (κ3) is 4.16. The minimum absolute atomic E-state index is 0.247. The number of hydrogen-bond donors (Lipinski definition) is 1. The molecule has 0 saturated carbocycles. The Morgan fingerprint density at radius 3 is 2.86 bits per heavy atom. The van der Waals surface area contributed by atoms with Gasteiger partial charge in [0.15, 0.2) is 11.6 Å². The summed E-state index contributed by atoms with van der Waals surface area (Å²) in [6.07, 6.45) is 0. The largest absolute Gasteiger partial charge is 0.491 e. The number of benzene rings is 2. The van der Waals surface area contributed by atoms with E-state index in [0.717, 1.165) is 5.56 Å². The molecule has 1 N–H and O–H groups in total. The molecule has 0 radical (unpaired) electrons. The van der Waals surface area contributed by atoms with Crippen LogP contribution in [0.1, 0.15) is 27.7 Å². The highest BCUT2D eigenvalue weighted by molar-refractivity contribution is 6.30. The molecule has 1 unspecified atom stereocenters. The summed E-state index contributed by atoms with van der Waals surface area (Å²) in [5, 5.41) is 3.69. The highest BCUT2D eigenvalue weighted by atomic mass is 35.5. The van der Waals surface area contributed by atoms with Crippen molar-refractivity contribution in [3.05, 3.63) is 82.3 Å². The van der Waals surface area contributed by atoms with Crippen LogP contribution in [0.5, 0.6) is 11.6 Å². The van der Waals surface area contributed by atoms with Gasteiger partial charge in [-0.25, -0.2) is 9.37 Å². The van der Waals surface area contributed by atoms with E-state index in [1.54, 1.807) is 47.6 Å². The first-order valence-corrected chi connectivity index (χ1v) is 12.0. The molecule has 4 aromatic rings. The number of methoxy groups -OCH3 is 1. The van der Waals surface area contributed by atoms with Crippen LogP contribution in [0.2, 0.25) is 5.02 Å². The average Bonchev–Trinajstić information content (AvgIpc) is 3.47. The lowest BCUT2D eigenvalue weighted by Gasteiger charge is -2.28. The van der Waals surface area contributed by atoms with Crippen LogP contribution in [0.4, 0.5) is 4.39 Å². The van der Waals surface area contributed by atoms with Crippen molar-refractivity contribution >= 4 is 23.2 Å². The van der Waals surface area contributed by atoms with Crippen molar-refractivity contribution in [3.8, 4) is 22.9 Å². The molecule has 186 valence electrons. The van der Waals surface area contributed by atoms with Crippen molar-refractivity contribution in [2.45, 2.75) is 13.0 Å². The number of fused-ring (bicyclic) bond motifs is 2. The summed E-state index contributed by atoms with van der Waals surface area (Å²) in [5.74, 6) is 0.630. The summed E-state index contributed by atoms with van der Waals surface area (Å²) in [6.45, 7) is 2.99. The molecule has 7 nitrogen and oxygen atoms in total. The first-order valence-electron chi connectivity index (χ1n) is 11.6. The third-order valence-corrected chi connectivity index (χ3v) is 6.65. The smallest absolute Gasteiger partial charge is 0.275 e. The zero-order valence-corrected chi connectivity index (χ0v) is 21.0. The van der Waals surface area contributed by atoms with Gasteiger partial charge in [0.1, 0.15) is 23.8 Å². The first-order chi connectivity index (χ1) is 17.4. The van der Waals surface area contributed by atoms with Crippen LogP contribution in [0.3, 0.4) is 0 Å². The topological polar surface area (TPSA) is 68.1 Å². The van der Waals surface area contributed by atoms with Gasteiger partial charge in [-0.1, -0.05) is 17.7 Å². The lowest BCUT2D eigenvalue weighted by Crippen LogP contribution is -2.40. The lowest BCUT2D eigenvalue weighted by molar-refractivity contribution is 0.0648. The van der Waals surface area contributed by atoms with E-state index in [4.69, 9.17) is 26.1 Å². The Hall–Kier alpha value is -3.62. The molecule has 2 aromatic heterocycles. The normalized spacial score (nSPS) is 14.5. The van der Waals surface area contributed by atoms with Gasteiger partial charge >= 0.3 is 0 Å². The zero-order valence-electron chi connectivity index (χ0n) is 20.2. The van der Waals surface area contributed by atoms with Crippen molar-refractivity contribution in [3.63, 3.8) is 0 Å². The second-order valence-corrected chi connectivity index (χ2v) is 9.08. The fourth-order valence-electron chi connectivity index (χ4n) is 4.62. The van der Waals surface area contributed by atoms with E-state index in [2.05, 4.69) is 5.32 Å². The summed E-state index contributed by atoms with van der Waals surface area (Å²) in [4.78, 5) is 20.8. The monoisotopic (exact) mass is 508 g/mol. The molecular formula is C27H26ClFN4O3. The van der Waals surface area contributed by atoms with E-state index < -0.39 is 0 Å². The number of carbonyl (C=O) groups is 1. The van der Waals surface area contributed by atoms with E-state index in [1.807, 2.05) is 31.3 Å². The number of imidazole rings is 1. The van der Waals surface area contributed by atoms with Crippen molar-refractivity contribution in [1.29, 1.82) is 0 Å². The van der Waals surface area contributed by atoms with Gasteiger partial charge in [0, 0.05) is 29.2 Å². The van der Waals surface area contributed by atoms with E-state index in [0.29, 0.717) is 58.8 Å². The standard InChI is InChI=1S/C27H26ClFN4O3/c1-16-13-17(7-9-20(16)29)26-25(31-23-5-4-6-24(35-3)33(23)26)27(34)32(12-11-30-2)21-15-36-22-10-8-18(28)14-19(21)22/h4-10,13-14,21,30H,11-12,15H2,1-3H3. The fraction of sp³-hybridized carbons (Fsp3) is 0.259. The molecule has 0 aliphatic carbocycles. The Bertz CT molecular complexity index is 1450. The van der Waals surface area contributed by atoms with Crippen LogP contribution in [0, 0.1) is 12.7 Å². The van der Waals surface area contributed by atoms with Crippen LogP contribution >= 0.6 is 11.6 Å². The number of carbonyl (C=O) groups excluding carboxylic acids is 1. The maximum Gasteiger partial charge on any atom is 0.275 e. The minimum atomic E-state index is -0.339. The van der Waals surface area contributed by atoms with Crippen LogP contribution in [0.15, 0.2) is 54.6 Å². The van der Waals surface area contributed by atoms with Gasteiger partial charge in [0.2, 0.25) is 0 Å². The van der Waals surface area contributed by atoms with Crippen LogP contribution in [-0.4, -0.2) is 54.0 Å². The Morgan fingerprint density at radius 1 is 1.28 bits per heavy atom. The van der Waals surface area contributed by atoms with Crippen molar-refractivity contribution in [1.82, 2.24) is 19.6 Å². The molecule has 1 aliphatic heterocycles. The number of halogens is 2. The minimum Gasteiger partial charge on any atom is -0.491 e. The van der Waals surface area contributed by atoms with E-state index in [1.165, 1.54) is 6.07 Å². The summed E-state index contributed by atoms with van der Waals surface area (Å²) < 4.78 is 27.4. The number of nitrogens with zero attached hydrogens (tertiary/aromatic N) is 3. The van der Waals surface area contributed by atoms with E-state index in [9.17, 15) is 9.18 Å². The predicted octanol–water partition coefficient (Wildman–Crippen LogP) is 4.91. The van der Waals surface area contributed by atoms with Gasteiger partial charge in [-0.15, -0.1) is 0 Å². The van der Waals surface area contributed by atoms with Crippen molar-refractivity contribution in [2.24, 2.45) is 0 Å². The number of amides is 1. The lowest BCUT2D eigenvalue weighted by atomic mass is 10.0. The summed E-state index contributed by atoms with van der Waals surface area (Å²) in [7, 11) is 3.40. The Kier molecular flexibility index (Phi) is 6.55. The molecule has 0 fully saturated rings. The van der Waals surface area contributed by atoms with Gasteiger partial charge in [-0.2, -0.15) is 0 Å². The molecule has 0 spiro atoms. The average molecular weight is 509 g/mol. The summed E-state index contributed by atoms with van der Waals surface area (Å²) in [5.41, 5.74) is 3.32. The summed E-state index contributed by atoms with van der Waals surface area (Å²) in [6, 6.07) is 15.3. The van der Waals surface area contributed by atoms with Crippen molar-refractivity contribution in [2.75, 3.05) is 33.9 Å². The van der Waals surface area contributed by atoms with Gasteiger partial charge in [-0.05, 0) is 68.1 Å². The number of aromatic nitrogens is 2. The number of ether oxygens (including phenoxy) is 2. The molecule has 5 rings (SSSR count). The number of likely N-dealkylation sites (N-methyl/N-ethyl adjacent to an activating group) is 1. The number of nitrogens with one attached hydrogen (secondary N) is 1. The van der Waals surface area contributed by atoms with Crippen LogP contribution in [-0.2, 0) is 0 Å². The fourth-order valence-corrected chi connectivity index (χ4v) is 4.81. The van der Waals surface area contributed by atoms with E-state index >= 15 is 0 Å². The van der Waals surface area contributed by atoms with Gasteiger partial charge < -0.3 is 19.7 Å². The maximum absolute atomic E-state index is 14.3. The zero-order chi connectivity index (χ0) is 25.4. The van der Waals surface area contributed by atoms with Gasteiger partial charge in [0.05, 0.1) is 18.8 Å².